The van der Waals surface area contributed by atoms with Crippen LogP contribution in [0.5, 0.6) is 5.75 Å². The second kappa shape index (κ2) is 10.6. The van der Waals surface area contributed by atoms with Gasteiger partial charge in [0.25, 0.3) is 0 Å². The van der Waals surface area contributed by atoms with Gasteiger partial charge in [0.15, 0.2) is 5.75 Å². The smallest absolute Gasteiger partial charge is 0.176 e. The van der Waals surface area contributed by atoms with Crippen LogP contribution in [0.15, 0.2) is 60.0 Å². The standard InChI is InChI=1S/C28H31N5O/c1-19(2)32-34-26-16-22(12-13-23(26)17-29)18-33-24(27-20(3)8-6-14-30-27)10-5-11-25(33)28-21(4)9-7-15-31-28/h6-9,12-16,24-25H,5,10-11,18H2,1-4H3/t24-,25+. The molecule has 1 aliphatic heterocycles. The summed E-state index contributed by atoms with van der Waals surface area (Å²) in [4.78, 5) is 17.7. The normalized spacial score (nSPS) is 18.2. The Morgan fingerprint density at radius 2 is 1.65 bits per heavy atom. The molecule has 0 bridgehead atoms. The number of nitriles is 1. The molecule has 0 N–H and O–H groups in total. The fraction of sp³-hybridized carbons (Fsp3) is 0.357. The number of nitrogens with zero attached hydrogens (tertiary/aromatic N) is 5. The minimum Gasteiger partial charge on any atom is -0.356 e. The van der Waals surface area contributed by atoms with E-state index in [1.54, 1.807) is 0 Å². The van der Waals surface area contributed by atoms with Gasteiger partial charge >= 0.3 is 0 Å². The van der Waals surface area contributed by atoms with Gasteiger partial charge in [0.05, 0.1) is 34.7 Å². The summed E-state index contributed by atoms with van der Waals surface area (Å²) in [5.74, 6) is 0.481. The van der Waals surface area contributed by atoms with Crippen LogP contribution < -0.4 is 4.84 Å². The molecule has 6 nitrogen and oxygen atoms in total. The van der Waals surface area contributed by atoms with Gasteiger partial charge in [0, 0.05) is 18.9 Å². The van der Waals surface area contributed by atoms with Crippen molar-refractivity contribution in [1.29, 1.82) is 5.26 Å². The molecule has 0 spiro atoms. The van der Waals surface area contributed by atoms with Crippen molar-refractivity contribution in [2.75, 3.05) is 0 Å². The third-order valence-corrected chi connectivity index (χ3v) is 6.35. The molecule has 6 heteroatoms. The summed E-state index contributed by atoms with van der Waals surface area (Å²) in [7, 11) is 0. The first-order valence-corrected chi connectivity index (χ1v) is 11.8. The third-order valence-electron chi connectivity index (χ3n) is 6.35. The largest absolute Gasteiger partial charge is 0.356 e. The fourth-order valence-electron chi connectivity index (χ4n) is 4.74. The minimum atomic E-state index is 0.178. The number of aryl methyl sites for hydroxylation is 2. The highest BCUT2D eigenvalue weighted by molar-refractivity contribution is 5.78. The lowest BCUT2D eigenvalue weighted by Gasteiger charge is -2.42. The highest BCUT2D eigenvalue weighted by atomic mass is 16.6. The summed E-state index contributed by atoms with van der Waals surface area (Å²) in [6, 6.07) is 16.6. The number of rotatable bonds is 6. The highest BCUT2D eigenvalue weighted by Gasteiger charge is 2.35. The van der Waals surface area contributed by atoms with Crippen LogP contribution in [0.25, 0.3) is 0 Å². The molecule has 0 amide bonds. The van der Waals surface area contributed by atoms with E-state index in [1.807, 2.05) is 56.6 Å². The van der Waals surface area contributed by atoms with Crippen LogP contribution in [0.1, 0.15) is 78.8 Å². The van der Waals surface area contributed by atoms with Crippen LogP contribution in [-0.4, -0.2) is 20.6 Å². The summed E-state index contributed by atoms with van der Waals surface area (Å²) in [6.07, 6.45) is 6.96. The van der Waals surface area contributed by atoms with Crippen molar-refractivity contribution in [3.63, 3.8) is 0 Å². The Labute approximate surface area is 201 Å². The van der Waals surface area contributed by atoms with E-state index in [-0.39, 0.29) is 12.1 Å². The van der Waals surface area contributed by atoms with Crippen molar-refractivity contribution in [3.8, 4) is 11.8 Å². The molecule has 174 valence electrons. The molecule has 0 unspecified atom stereocenters. The van der Waals surface area contributed by atoms with Crippen LogP contribution in [0.2, 0.25) is 0 Å². The summed E-state index contributed by atoms with van der Waals surface area (Å²) in [6.45, 7) is 8.69. The average molecular weight is 454 g/mol. The molecule has 0 radical (unpaired) electrons. The Morgan fingerprint density at radius 1 is 1.03 bits per heavy atom. The quantitative estimate of drug-likeness (QED) is 0.328. The van der Waals surface area contributed by atoms with Crippen LogP contribution in [0, 0.1) is 25.2 Å². The van der Waals surface area contributed by atoms with E-state index in [0.29, 0.717) is 17.9 Å². The average Bonchev–Trinajstić information content (AvgIpc) is 2.84. The molecular formula is C28H31N5O. The van der Waals surface area contributed by atoms with E-state index >= 15 is 0 Å². The van der Waals surface area contributed by atoms with Gasteiger partial charge < -0.3 is 4.84 Å². The first-order chi connectivity index (χ1) is 16.5. The van der Waals surface area contributed by atoms with Crippen LogP contribution >= 0.6 is 0 Å². The maximum Gasteiger partial charge on any atom is 0.176 e. The predicted molar refractivity (Wildman–Crippen MR) is 133 cm³/mol. The van der Waals surface area contributed by atoms with Crippen LogP contribution in [-0.2, 0) is 6.54 Å². The van der Waals surface area contributed by atoms with Gasteiger partial charge in [-0.15, -0.1) is 0 Å². The van der Waals surface area contributed by atoms with Crippen molar-refractivity contribution in [1.82, 2.24) is 14.9 Å². The molecule has 3 heterocycles. The SMILES string of the molecule is CC(C)=NOc1cc(CN2[C@@H](c3ncccc3C)CCC[C@H]2c2ncccc2C)ccc1C#N. The summed E-state index contributed by atoms with van der Waals surface area (Å²) in [5.41, 5.74) is 6.98. The number of hydrogen-bond donors (Lipinski definition) is 0. The lowest BCUT2D eigenvalue weighted by atomic mass is 9.88. The number of pyridine rings is 2. The van der Waals surface area contributed by atoms with Crippen LogP contribution in [0.3, 0.4) is 0 Å². The Balaban J connectivity index is 1.75. The van der Waals surface area contributed by atoms with E-state index < -0.39 is 0 Å². The Kier molecular flexibility index (Phi) is 7.34. The lowest BCUT2D eigenvalue weighted by molar-refractivity contribution is 0.0678. The minimum absolute atomic E-state index is 0.178. The van der Waals surface area contributed by atoms with Gasteiger partial charge in [0.2, 0.25) is 0 Å². The third kappa shape index (κ3) is 5.16. The van der Waals surface area contributed by atoms with E-state index in [2.05, 4.69) is 42.1 Å². The Hall–Kier alpha value is -3.56. The van der Waals surface area contributed by atoms with Gasteiger partial charge in [-0.3, -0.25) is 14.9 Å². The molecular weight excluding hydrogens is 422 g/mol. The van der Waals surface area contributed by atoms with Gasteiger partial charge in [-0.2, -0.15) is 5.26 Å². The predicted octanol–water partition coefficient (Wildman–Crippen LogP) is 6.21. The zero-order valence-corrected chi connectivity index (χ0v) is 20.3. The van der Waals surface area contributed by atoms with Crippen molar-refractivity contribution in [2.45, 2.75) is 65.6 Å². The zero-order chi connectivity index (χ0) is 24.1. The number of aromatic nitrogens is 2. The monoisotopic (exact) mass is 453 g/mol. The van der Waals surface area contributed by atoms with Crippen molar-refractivity contribution < 1.29 is 4.84 Å². The molecule has 1 aliphatic rings. The number of likely N-dealkylation sites (tertiary alicyclic amines) is 1. The molecule has 3 aromatic rings. The summed E-state index contributed by atoms with van der Waals surface area (Å²) >= 11 is 0. The van der Waals surface area contributed by atoms with Gasteiger partial charge in [-0.25, -0.2) is 0 Å². The van der Waals surface area contributed by atoms with Crippen molar-refractivity contribution >= 4 is 5.71 Å². The molecule has 1 saturated heterocycles. The van der Waals surface area contributed by atoms with Gasteiger partial charge in [0.1, 0.15) is 6.07 Å². The molecule has 2 aromatic heterocycles. The maximum absolute atomic E-state index is 9.53. The molecule has 2 atom stereocenters. The first-order valence-electron chi connectivity index (χ1n) is 11.8. The molecule has 34 heavy (non-hydrogen) atoms. The second-order valence-corrected chi connectivity index (χ2v) is 9.12. The first kappa shape index (κ1) is 23.6. The number of piperidine rings is 1. The molecule has 1 aromatic carbocycles. The van der Waals surface area contributed by atoms with E-state index in [1.165, 1.54) is 11.1 Å². The molecule has 4 rings (SSSR count). The molecule has 1 fully saturated rings. The fourth-order valence-corrected chi connectivity index (χ4v) is 4.74. The highest BCUT2D eigenvalue weighted by Crippen LogP contribution is 2.43. The summed E-state index contributed by atoms with van der Waals surface area (Å²) in [5, 5.41) is 13.6. The van der Waals surface area contributed by atoms with Crippen LogP contribution in [0.4, 0.5) is 0 Å². The Morgan fingerprint density at radius 3 is 2.18 bits per heavy atom. The molecule has 0 saturated carbocycles. The number of oxime groups is 1. The second-order valence-electron chi connectivity index (χ2n) is 9.12. The van der Waals surface area contributed by atoms with E-state index in [9.17, 15) is 5.26 Å². The topological polar surface area (TPSA) is 74.4 Å². The van der Waals surface area contributed by atoms with Crippen molar-refractivity contribution in [2.24, 2.45) is 5.16 Å². The number of benzene rings is 1. The Bertz CT molecular complexity index is 1170. The van der Waals surface area contributed by atoms with E-state index in [4.69, 9.17) is 14.8 Å². The zero-order valence-electron chi connectivity index (χ0n) is 20.3. The molecule has 0 aliphatic carbocycles. The van der Waals surface area contributed by atoms with E-state index in [0.717, 1.165) is 41.9 Å². The van der Waals surface area contributed by atoms with Gasteiger partial charge in [-0.05, 0) is 87.9 Å². The summed E-state index contributed by atoms with van der Waals surface area (Å²) < 4.78 is 0. The lowest BCUT2D eigenvalue weighted by Crippen LogP contribution is -2.37. The number of hydrogen-bond acceptors (Lipinski definition) is 6. The van der Waals surface area contributed by atoms with Gasteiger partial charge in [-0.1, -0.05) is 23.4 Å². The maximum atomic E-state index is 9.53. The van der Waals surface area contributed by atoms with Crippen molar-refractivity contribution in [3.05, 3.63) is 88.5 Å².